The Bertz CT molecular complexity index is 1410. The van der Waals surface area contributed by atoms with E-state index in [0.29, 0.717) is 33.8 Å². The van der Waals surface area contributed by atoms with E-state index in [0.717, 1.165) is 69.7 Å². The monoisotopic (exact) mass is 587 g/mol. The van der Waals surface area contributed by atoms with Crippen LogP contribution in [0.25, 0.3) is 10.9 Å². The highest BCUT2D eigenvalue weighted by Crippen LogP contribution is 2.33. The van der Waals surface area contributed by atoms with Crippen LogP contribution in [0.3, 0.4) is 0 Å². The number of fused-ring (bicyclic) bond motifs is 1. The number of hydrogen-bond acceptors (Lipinski definition) is 6. The van der Waals surface area contributed by atoms with Gasteiger partial charge in [0.15, 0.2) is 6.73 Å². The molecule has 0 aliphatic carbocycles. The lowest BCUT2D eigenvalue weighted by molar-refractivity contribution is -0.888. The molecular weight excluding hydrogens is 551 g/mol. The van der Waals surface area contributed by atoms with Crippen LogP contribution >= 0.6 is 23.2 Å². The van der Waals surface area contributed by atoms with Crippen molar-refractivity contribution in [1.29, 1.82) is 0 Å². The molecule has 0 N–H and O–H groups in total. The number of amides is 1. The largest absolute Gasteiger partial charge is 0.517 e. The quantitative estimate of drug-likeness (QED) is 0.244. The number of hydrogen-bond donors (Lipinski definition) is 0. The third-order valence-corrected chi connectivity index (χ3v) is 8.74. The maximum Gasteiger partial charge on any atom is 0.517 e. The molecule has 0 atom stereocenters. The van der Waals surface area contributed by atoms with Crippen LogP contribution in [0.5, 0.6) is 5.75 Å². The Labute approximate surface area is 245 Å². The number of carbonyl (C=O) groups excluding carboxylic acids is 1. The molecule has 0 spiro atoms. The molecule has 0 bridgehead atoms. The van der Waals surface area contributed by atoms with Gasteiger partial charge in [0.05, 0.1) is 53.9 Å². The molecule has 8 nitrogen and oxygen atoms in total. The minimum atomic E-state index is -0.302. The number of aromatic nitrogens is 1. The number of piperazine rings is 1. The van der Waals surface area contributed by atoms with E-state index in [1.807, 2.05) is 43.4 Å². The van der Waals surface area contributed by atoms with Gasteiger partial charge in [-0.15, -0.1) is 0 Å². The molecule has 214 valence electrons. The van der Waals surface area contributed by atoms with Gasteiger partial charge in [-0.25, -0.2) is 4.48 Å². The van der Waals surface area contributed by atoms with Gasteiger partial charge in [-0.3, -0.25) is 14.3 Å². The van der Waals surface area contributed by atoms with Crippen molar-refractivity contribution in [2.75, 3.05) is 64.4 Å². The summed E-state index contributed by atoms with van der Waals surface area (Å²) in [5.41, 5.74) is 1.48. The Kier molecular flexibility index (Phi) is 8.90. The number of benzene rings is 2. The molecule has 0 saturated carbocycles. The van der Waals surface area contributed by atoms with Crippen LogP contribution in [0, 0.1) is 5.92 Å². The molecule has 5 rings (SSSR count). The first-order valence-corrected chi connectivity index (χ1v) is 14.7. The Morgan fingerprint density at radius 3 is 2.52 bits per heavy atom. The molecule has 40 heavy (non-hydrogen) atoms. The topological polar surface area (TPSA) is 64.0 Å². The van der Waals surface area contributed by atoms with Crippen molar-refractivity contribution in [3.63, 3.8) is 0 Å². The number of likely N-dealkylation sites (tertiary alicyclic amines) is 1. The average molecular weight is 589 g/mol. The lowest BCUT2D eigenvalue weighted by atomic mass is 10.0. The standard InChI is InChI=1S/C30H37Cl2N4O4/c1-22-19-36(2,20-22)30(38)40-21-35-27-18-24(10-8-23(27)9-11-28(35)37)39-17-4-3-12-33-13-15-34(16-14-33)26-7-5-6-25(31)29(26)32/h5-11,18,22H,3-4,12-17,19-21H2,1-2H3/q+1. The van der Waals surface area contributed by atoms with Gasteiger partial charge in [0, 0.05) is 38.3 Å². The van der Waals surface area contributed by atoms with Gasteiger partial charge in [0.25, 0.3) is 5.56 Å². The highest BCUT2D eigenvalue weighted by Gasteiger charge is 2.46. The van der Waals surface area contributed by atoms with Crippen molar-refractivity contribution in [3.05, 3.63) is 68.9 Å². The third-order valence-electron chi connectivity index (χ3n) is 7.93. The number of quaternary nitrogens is 1. The molecule has 2 aromatic carbocycles. The first-order valence-electron chi connectivity index (χ1n) is 13.9. The van der Waals surface area contributed by atoms with Crippen LogP contribution in [-0.4, -0.2) is 79.5 Å². The van der Waals surface area contributed by atoms with E-state index < -0.39 is 0 Å². The number of ether oxygens (including phenoxy) is 2. The minimum Gasteiger partial charge on any atom is -0.494 e. The van der Waals surface area contributed by atoms with E-state index in [1.165, 1.54) is 10.6 Å². The van der Waals surface area contributed by atoms with Crippen LogP contribution in [0.2, 0.25) is 10.0 Å². The highest BCUT2D eigenvalue weighted by atomic mass is 35.5. The van der Waals surface area contributed by atoms with E-state index in [-0.39, 0.29) is 22.9 Å². The second-order valence-corrected chi connectivity index (χ2v) is 12.0. The second kappa shape index (κ2) is 12.4. The summed E-state index contributed by atoms with van der Waals surface area (Å²) in [6.45, 7) is 8.92. The van der Waals surface area contributed by atoms with Crippen LogP contribution in [0.1, 0.15) is 19.8 Å². The molecule has 3 heterocycles. The lowest BCUT2D eigenvalue weighted by Crippen LogP contribution is -2.63. The number of anilines is 1. The van der Waals surface area contributed by atoms with Crippen molar-refractivity contribution in [1.82, 2.24) is 9.47 Å². The Morgan fingerprint density at radius 2 is 1.77 bits per heavy atom. The van der Waals surface area contributed by atoms with Crippen molar-refractivity contribution >= 4 is 45.9 Å². The van der Waals surface area contributed by atoms with Gasteiger partial charge in [-0.2, -0.15) is 4.79 Å². The summed E-state index contributed by atoms with van der Waals surface area (Å²) in [7, 11) is 1.87. The zero-order valence-electron chi connectivity index (χ0n) is 23.2. The number of carbonyl (C=O) groups is 1. The molecule has 2 fully saturated rings. The summed E-state index contributed by atoms with van der Waals surface area (Å²) in [6.07, 6.45) is 1.65. The Hall–Kier alpha value is -2.78. The molecule has 10 heteroatoms. The van der Waals surface area contributed by atoms with Crippen LogP contribution < -0.4 is 15.2 Å². The van der Waals surface area contributed by atoms with E-state index in [9.17, 15) is 9.59 Å². The average Bonchev–Trinajstić information content (AvgIpc) is 2.93. The number of halogens is 2. The van der Waals surface area contributed by atoms with Gasteiger partial charge in [-0.05, 0) is 55.1 Å². The summed E-state index contributed by atoms with van der Waals surface area (Å²) in [5.74, 6) is 1.20. The molecule has 3 aromatic rings. The first kappa shape index (κ1) is 28.7. The van der Waals surface area contributed by atoms with Gasteiger partial charge in [0.1, 0.15) is 5.75 Å². The highest BCUT2D eigenvalue weighted by molar-refractivity contribution is 6.43. The van der Waals surface area contributed by atoms with E-state index >= 15 is 0 Å². The van der Waals surface area contributed by atoms with Gasteiger partial charge in [-0.1, -0.05) is 36.2 Å². The molecule has 1 aromatic heterocycles. The van der Waals surface area contributed by atoms with Crippen molar-refractivity contribution < 1.29 is 18.8 Å². The van der Waals surface area contributed by atoms with Crippen LogP contribution in [0.4, 0.5) is 10.5 Å². The summed E-state index contributed by atoms with van der Waals surface area (Å²) in [5, 5.41) is 2.10. The van der Waals surface area contributed by atoms with Crippen molar-refractivity contribution in [3.8, 4) is 5.75 Å². The van der Waals surface area contributed by atoms with Crippen LogP contribution in [0.15, 0.2) is 53.3 Å². The van der Waals surface area contributed by atoms with Gasteiger partial charge < -0.3 is 14.4 Å². The maximum absolute atomic E-state index is 12.6. The fourth-order valence-corrected chi connectivity index (χ4v) is 6.23. The maximum atomic E-state index is 12.6. The predicted octanol–water partition coefficient (Wildman–Crippen LogP) is 5.48. The predicted molar refractivity (Wildman–Crippen MR) is 160 cm³/mol. The van der Waals surface area contributed by atoms with Crippen LogP contribution in [-0.2, 0) is 11.5 Å². The summed E-state index contributed by atoms with van der Waals surface area (Å²) in [6, 6.07) is 14.8. The third kappa shape index (κ3) is 6.41. The zero-order chi connectivity index (χ0) is 28.3. The molecule has 0 unspecified atom stereocenters. The Balaban J connectivity index is 1.09. The van der Waals surface area contributed by atoms with Crippen molar-refractivity contribution in [2.45, 2.75) is 26.5 Å². The first-order chi connectivity index (χ1) is 19.2. The summed E-state index contributed by atoms with van der Waals surface area (Å²) in [4.78, 5) is 30.0. The Morgan fingerprint density at radius 1 is 1.02 bits per heavy atom. The van der Waals surface area contributed by atoms with Gasteiger partial charge in [0.2, 0.25) is 0 Å². The fourth-order valence-electron chi connectivity index (χ4n) is 5.81. The van der Waals surface area contributed by atoms with E-state index in [1.54, 1.807) is 6.07 Å². The molecule has 2 aliphatic heterocycles. The number of nitrogens with zero attached hydrogens (tertiary/aromatic N) is 4. The van der Waals surface area contributed by atoms with E-state index in [2.05, 4.69) is 16.7 Å². The lowest BCUT2D eigenvalue weighted by Gasteiger charge is -2.41. The minimum absolute atomic E-state index is 0.114. The normalized spacial score (nSPS) is 21.3. The second-order valence-electron chi connectivity index (χ2n) is 11.2. The van der Waals surface area contributed by atoms with E-state index in [4.69, 9.17) is 32.7 Å². The SMILES string of the molecule is CC1C[N+](C)(C(=O)OCn2c(=O)ccc3ccc(OCCCCN4CCN(c5cccc(Cl)c5Cl)CC4)cc32)C1. The fraction of sp³-hybridized carbons (Fsp3) is 0.467. The number of rotatable bonds is 9. The molecule has 1 amide bonds. The molecule has 0 radical (unpaired) electrons. The summed E-state index contributed by atoms with van der Waals surface area (Å²) < 4.78 is 13.3. The number of pyridine rings is 1. The smallest absolute Gasteiger partial charge is 0.494 e. The zero-order valence-corrected chi connectivity index (χ0v) is 24.7. The summed E-state index contributed by atoms with van der Waals surface area (Å²) >= 11 is 12.6. The molecule has 2 saturated heterocycles. The van der Waals surface area contributed by atoms with Crippen molar-refractivity contribution in [2.24, 2.45) is 5.92 Å². The number of unbranched alkanes of at least 4 members (excludes halogenated alkanes) is 1. The molecular formula is C30H37Cl2N4O4+. The molecule has 2 aliphatic rings. The van der Waals surface area contributed by atoms with Gasteiger partial charge >= 0.3 is 6.09 Å².